The Balaban J connectivity index is 2.66. The minimum atomic E-state index is -0.851. The Hall–Kier alpha value is -1.59. The van der Waals surface area contributed by atoms with Crippen LogP contribution in [0.15, 0.2) is 23.3 Å². The summed E-state index contributed by atoms with van der Waals surface area (Å²) in [6, 6.07) is 4.97. The summed E-state index contributed by atoms with van der Waals surface area (Å²) in [5.41, 5.74) is 2.54. The summed E-state index contributed by atoms with van der Waals surface area (Å²) in [5, 5.41) is 6.75. The Morgan fingerprint density at radius 3 is 2.44 bits per heavy atom. The maximum atomic E-state index is 11.2. The van der Waals surface area contributed by atoms with Gasteiger partial charge in [0, 0.05) is 12.1 Å². The third-order valence-electron chi connectivity index (χ3n) is 1.90. The van der Waals surface area contributed by atoms with Gasteiger partial charge in [0.05, 0.1) is 16.3 Å². The Kier molecular flexibility index (Phi) is 5.61. The average molecular weight is 288 g/mol. The van der Waals surface area contributed by atoms with Gasteiger partial charge in [0.15, 0.2) is 0 Å². The number of carbonyl (C=O) groups excluding carboxylic acids is 2. The number of halogens is 2. The number of amides is 2. The minimum absolute atomic E-state index is 0.367. The molecule has 7 heteroatoms. The lowest BCUT2D eigenvalue weighted by Gasteiger charge is -2.01. The first-order chi connectivity index (χ1) is 8.56. The fraction of sp³-hybridized carbons (Fsp3) is 0.182. The number of nitrogens with zero attached hydrogens (tertiary/aromatic N) is 1. The molecular weight excluding hydrogens is 277 g/mol. The molecule has 0 unspecified atom stereocenters. The van der Waals surface area contributed by atoms with Crippen molar-refractivity contribution in [3.63, 3.8) is 0 Å². The molecular formula is C11H11Cl2N3O2. The van der Waals surface area contributed by atoms with Crippen molar-refractivity contribution in [3.8, 4) is 0 Å². The number of rotatable bonds is 3. The highest BCUT2D eigenvalue weighted by Gasteiger charge is 2.10. The molecule has 0 aliphatic carbocycles. The second-order valence-corrected chi connectivity index (χ2v) is 4.01. The van der Waals surface area contributed by atoms with Crippen molar-refractivity contribution in [3.05, 3.63) is 33.8 Å². The molecule has 0 aliphatic rings. The van der Waals surface area contributed by atoms with Crippen molar-refractivity contribution in [2.24, 2.45) is 5.10 Å². The number of likely N-dealkylation sites (N-methyl/N-ethyl adjacent to an activating group) is 1. The van der Waals surface area contributed by atoms with Crippen LogP contribution in [0.1, 0.15) is 12.5 Å². The van der Waals surface area contributed by atoms with Gasteiger partial charge < -0.3 is 5.32 Å². The van der Waals surface area contributed by atoms with Gasteiger partial charge >= 0.3 is 11.8 Å². The molecule has 2 amide bonds. The number of benzene rings is 1. The Morgan fingerprint density at radius 1 is 1.28 bits per heavy atom. The monoisotopic (exact) mass is 287 g/mol. The molecule has 0 bridgehead atoms. The molecule has 1 rings (SSSR count). The third-order valence-corrected chi connectivity index (χ3v) is 2.56. The van der Waals surface area contributed by atoms with Crippen molar-refractivity contribution < 1.29 is 9.59 Å². The molecule has 0 spiro atoms. The molecule has 2 N–H and O–H groups in total. The largest absolute Gasteiger partial charge is 0.348 e. The molecule has 96 valence electrons. The van der Waals surface area contributed by atoms with Crippen LogP contribution < -0.4 is 10.7 Å². The van der Waals surface area contributed by atoms with Crippen LogP contribution in [0, 0.1) is 0 Å². The lowest BCUT2D eigenvalue weighted by molar-refractivity contribution is -0.139. The smallest absolute Gasteiger partial charge is 0.329 e. The number of hydrazone groups is 1. The van der Waals surface area contributed by atoms with E-state index in [4.69, 9.17) is 23.2 Å². The van der Waals surface area contributed by atoms with Crippen LogP contribution in [-0.4, -0.2) is 24.6 Å². The number of nitrogens with one attached hydrogen (secondary N) is 2. The summed E-state index contributed by atoms with van der Waals surface area (Å²) in [7, 11) is 0. The van der Waals surface area contributed by atoms with Crippen LogP contribution in [0.5, 0.6) is 0 Å². The topological polar surface area (TPSA) is 70.6 Å². The van der Waals surface area contributed by atoms with E-state index < -0.39 is 11.8 Å². The zero-order valence-corrected chi connectivity index (χ0v) is 11.0. The predicted octanol–water partition coefficient (Wildman–Crippen LogP) is 1.58. The van der Waals surface area contributed by atoms with Gasteiger partial charge in [0.1, 0.15) is 0 Å². The lowest BCUT2D eigenvalue weighted by atomic mass is 10.2. The van der Waals surface area contributed by atoms with Gasteiger partial charge in [-0.1, -0.05) is 29.3 Å². The first-order valence-corrected chi connectivity index (χ1v) is 5.87. The highest BCUT2D eigenvalue weighted by atomic mass is 35.5. The molecule has 0 atom stereocenters. The van der Waals surface area contributed by atoms with E-state index in [1.807, 2.05) is 0 Å². The standard InChI is InChI=1S/C11H11Cl2N3O2/c1-2-14-10(17)11(18)16-15-6-7-8(12)4-3-5-9(7)13/h3-6H,2H2,1H3,(H,14,17)(H,16,18)/b15-6-. The maximum Gasteiger partial charge on any atom is 0.329 e. The van der Waals surface area contributed by atoms with Crippen molar-refractivity contribution >= 4 is 41.2 Å². The van der Waals surface area contributed by atoms with Crippen molar-refractivity contribution in [1.29, 1.82) is 0 Å². The van der Waals surface area contributed by atoms with E-state index >= 15 is 0 Å². The summed E-state index contributed by atoms with van der Waals surface area (Å²) in [6.07, 6.45) is 1.28. The quantitative estimate of drug-likeness (QED) is 0.503. The van der Waals surface area contributed by atoms with Crippen LogP contribution >= 0.6 is 23.2 Å². The first kappa shape index (κ1) is 14.5. The van der Waals surface area contributed by atoms with Gasteiger partial charge in [-0.05, 0) is 19.1 Å². The summed E-state index contributed by atoms with van der Waals surface area (Å²) in [5.74, 6) is -1.60. The Morgan fingerprint density at radius 2 is 1.89 bits per heavy atom. The average Bonchev–Trinajstić information content (AvgIpc) is 2.33. The predicted molar refractivity (Wildman–Crippen MR) is 70.9 cm³/mol. The third kappa shape index (κ3) is 4.01. The molecule has 18 heavy (non-hydrogen) atoms. The van der Waals surface area contributed by atoms with E-state index in [2.05, 4.69) is 15.8 Å². The molecule has 0 aromatic heterocycles. The highest BCUT2D eigenvalue weighted by Crippen LogP contribution is 2.21. The number of carbonyl (C=O) groups is 2. The SMILES string of the molecule is CCNC(=O)C(=O)N/N=C\c1c(Cl)cccc1Cl. The molecule has 1 aromatic carbocycles. The summed E-state index contributed by atoms with van der Waals surface area (Å²) >= 11 is 11.8. The van der Waals surface area contributed by atoms with Gasteiger partial charge in [-0.15, -0.1) is 0 Å². The Labute approximate surface area is 114 Å². The van der Waals surface area contributed by atoms with Crippen LogP contribution in [0.2, 0.25) is 10.0 Å². The van der Waals surface area contributed by atoms with Gasteiger partial charge in [-0.3, -0.25) is 9.59 Å². The van der Waals surface area contributed by atoms with Crippen LogP contribution in [-0.2, 0) is 9.59 Å². The highest BCUT2D eigenvalue weighted by molar-refractivity contribution is 6.38. The molecule has 0 saturated heterocycles. The van der Waals surface area contributed by atoms with E-state index in [0.29, 0.717) is 22.2 Å². The van der Waals surface area contributed by atoms with E-state index in [1.54, 1.807) is 25.1 Å². The van der Waals surface area contributed by atoms with Gasteiger partial charge in [-0.25, -0.2) is 5.43 Å². The van der Waals surface area contributed by atoms with Crippen molar-refractivity contribution in [2.75, 3.05) is 6.54 Å². The van der Waals surface area contributed by atoms with Crippen LogP contribution in [0.25, 0.3) is 0 Å². The second-order valence-electron chi connectivity index (χ2n) is 3.19. The van der Waals surface area contributed by atoms with Crippen LogP contribution in [0.3, 0.4) is 0 Å². The Bertz CT molecular complexity index is 469. The maximum absolute atomic E-state index is 11.2. The number of hydrogen-bond donors (Lipinski definition) is 2. The molecule has 0 fully saturated rings. The molecule has 0 heterocycles. The fourth-order valence-electron chi connectivity index (χ4n) is 1.08. The summed E-state index contributed by atoms with van der Waals surface area (Å²) in [4.78, 5) is 22.3. The molecule has 1 aromatic rings. The normalized spacial score (nSPS) is 10.4. The van der Waals surface area contributed by atoms with E-state index in [9.17, 15) is 9.59 Å². The van der Waals surface area contributed by atoms with Crippen molar-refractivity contribution in [2.45, 2.75) is 6.92 Å². The van der Waals surface area contributed by atoms with Crippen LogP contribution in [0.4, 0.5) is 0 Å². The summed E-state index contributed by atoms with van der Waals surface area (Å²) < 4.78 is 0. The van der Waals surface area contributed by atoms with E-state index in [1.165, 1.54) is 6.21 Å². The lowest BCUT2D eigenvalue weighted by Crippen LogP contribution is -2.37. The van der Waals surface area contributed by atoms with Gasteiger partial charge in [0.25, 0.3) is 0 Å². The van der Waals surface area contributed by atoms with Crippen molar-refractivity contribution in [1.82, 2.24) is 10.7 Å². The summed E-state index contributed by atoms with van der Waals surface area (Å²) in [6.45, 7) is 2.07. The molecule has 0 aliphatic heterocycles. The zero-order valence-electron chi connectivity index (χ0n) is 9.54. The van der Waals surface area contributed by atoms with E-state index in [0.717, 1.165) is 0 Å². The molecule has 0 radical (unpaired) electrons. The minimum Gasteiger partial charge on any atom is -0.348 e. The van der Waals surface area contributed by atoms with E-state index in [-0.39, 0.29) is 0 Å². The fourth-order valence-corrected chi connectivity index (χ4v) is 1.58. The molecule has 0 saturated carbocycles. The van der Waals surface area contributed by atoms with Gasteiger partial charge in [-0.2, -0.15) is 5.10 Å². The molecule has 5 nitrogen and oxygen atoms in total. The zero-order chi connectivity index (χ0) is 13.5. The second kappa shape index (κ2) is 6.98. The first-order valence-electron chi connectivity index (χ1n) is 5.11. The number of hydrogen-bond acceptors (Lipinski definition) is 3. The van der Waals surface area contributed by atoms with Gasteiger partial charge in [0.2, 0.25) is 0 Å².